The van der Waals surface area contributed by atoms with Crippen molar-refractivity contribution in [2.45, 2.75) is 0 Å². The standard InChI is InChI=1S/C13H9F2N3O3/c14-8-2-1-3-11(12(8)13(16)17)21-10-5-4-7(18(19)20)6-9(10)15/h1-6H,(H3,16,17). The van der Waals surface area contributed by atoms with E-state index in [-0.39, 0.29) is 17.1 Å². The van der Waals surface area contributed by atoms with Crippen LogP contribution in [0.25, 0.3) is 0 Å². The van der Waals surface area contributed by atoms with Gasteiger partial charge in [-0.1, -0.05) is 6.07 Å². The summed E-state index contributed by atoms with van der Waals surface area (Å²) in [6.07, 6.45) is 0. The molecule has 0 fully saturated rings. The molecule has 0 amide bonds. The molecule has 0 aromatic heterocycles. The molecule has 0 bridgehead atoms. The van der Waals surface area contributed by atoms with Crippen LogP contribution in [0.1, 0.15) is 5.56 Å². The van der Waals surface area contributed by atoms with Gasteiger partial charge in [0.2, 0.25) is 0 Å². The Labute approximate surface area is 117 Å². The molecule has 0 aliphatic carbocycles. The number of non-ortho nitro benzene ring substituents is 1. The highest BCUT2D eigenvalue weighted by Gasteiger charge is 2.16. The second-order valence-electron chi connectivity index (χ2n) is 4.00. The van der Waals surface area contributed by atoms with Crippen molar-refractivity contribution in [3.63, 3.8) is 0 Å². The quantitative estimate of drug-likeness (QED) is 0.391. The minimum Gasteiger partial charge on any atom is -0.453 e. The smallest absolute Gasteiger partial charge is 0.272 e. The maximum absolute atomic E-state index is 13.7. The summed E-state index contributed by atoms with van der Waals surface area (Å²) >= 11 is 0. The fourth-order valence-corrected chi connectivity index (χ4v) is 1.66. The van der Waals surface area contributed by atoms with Crippen molar-refractivity contribution in [1.82, 2.24) is 0 Å². The summed E-state index contributed by atoms with van der Waals surface area (Å²) in [5.41, 5.74) is 4.50. The number of rotatable bonds is 4. The van der Waals surface area contributed by atoms with E-state index in [9.17, 15) is 18.9 Å². The molecule has 3 N–H and O–H groups in total. The van der Waals surface area contributed by atoms with Crippen molar-refractivity contribution in [2.24, 2.45) is 5.73 Å². The summed E-state index contributed by atoms with van der Waals surface area (Å²) < 4.78 is 32.5. The first-order chi connectivity index (χ1) is 9.90. The van der Waals surface area contributed by atoms with Gasteiger partial charge < -0.3 is 10.5 Å². The second kappa shape index (κ2) is 5.53. The number of nitrogens with one attached hydrogen (secondary N) is 1. The molecule has 0 radical (unpaired) electrons. The van der Waals surface area contributed by atoms with Gasteiger partial charge in [0.1, 0.15) is 17.4 Å². The van der Waals surface area contributed by atoms with Crippen molar-refractivity contribution in [2.75, 3.05) is 0 Å². The van der Waals surface area contributed by atoms with E-state index < -0.39 is 28.1 Å². The highest BCUT2D eigenvalue weighted by molar-refractivity contribution is 5.98. The van der Waals surface area contributed by atoms with E-state index in [1.54, 1.807) is 0 Å². The zero-order valence-electron chi connectivity index (χ0n) is 10.5. The lowest BCUT2D eigenvalue weighted by molar-refractivity contribution is -0.385. The Morgan fingerprint density at radius 2 is 1.90 bits per heavy atom. The molecular weight excluding hydrogens is 284 g/mol. The van der Waals surface area contributed by atoms with Crippen molar-refractivity contribution >= 4 is 11.5 Å². The molecule has 8 heteroatoms. The molecule has 0 spiro atoms. The zero-order valence-corrected chi connectivity index (χ0v) is 10.5. The third-order valence-corrected chi connectivity index (χ3v) is 2.59. The van der Waals surface area contributed by atoms with Gasteiger partial charge in [-0.05, 0) is 18.2 Å². The fourth-order valence-electron chi connectivity index (χ4n) is 1.66. The molecule has 6 nitrogen and oxygen atoms in total. The van der Waals surface area contributed by atoms with Gasteiger partial charge in [0, 0.05) is 6.07 Å². The lowest BCUT2D eigenvalue weighted by Gasteiger charge is -2.11. The van der Waals surface area contributed by atoms with Gasteiger partial charge in [-0.2, -0.15) is 0 Å². The third kappa shape index (κ3) is 2.94. The van der Waals surface area contributed by atoms with Gasteiger partial charge in [0.25, 0.3) is 5.69 Å². The van der Waals surface area contributed by atoms with Crippen LogP contribution >= 0.6 is 0 Å². The molecule has 0 saturated carbocycles. The third-order valence-electron chi connectivity index (χ3n) is 2.59. The summed E-state index contributed by atoms with van der Waals surface area (Å²) in [5.74, 6) is -2.85. The Balaban J connectivity index is 2.42. The monoisotopic (exact) mass is 293 g/mol. The molecule has 21 heavy (non-hydrogen) atoms. The molecule has 0 unspecified atom stereocenters. The van der Waals surface area contributed by atoms with Crippen LogP contribution in [0, 0.1) is 27.2 Å². The molecule has 2 rings (SSSR count). The van der Waals surface area contributed by atoms with Crippen LogP contribution in [0.5, 0.6) is 11.5 Å². The van der Waals surface area contributed by atoms with Crippen LogP contribution in [0.3, 0.4) is 0 Å². The number of nitrogens with zero attached hydrogens (tertiary/aromatic N) is 1. The van der Waals surface area contributed by atoms with Gasteiger partial charge in [-0.25, -0.2) is 8.78 Å². The summed E-state index contributed by atoms with van der Waals surface area (Å²) in [4.78, 5) is 9.76. The molecule has 0 aliphatic heterocycles. The summed E-state index contributed by atoms with van der Waals surface area (Å²) in [6.45, 7) is 0. The van der Waals surface area contributed by atoms with Crippen LogP contribution in [0.4, 0.5) is 14.5 Å². The number of nitro benzene ring substituents is 1. The van der Waals surface area contributed by atoms with Crippen LogP contribution in [-0.4, -0.2) is 10.8 Å². The lowest BCUT2D eigenvalue weighted by Crippen LogP contribution is -2.14. The summed E-state index contributed by atoms with van der Waals surface area (Å²) in [5, 5.41) is 17.8. The average molecular weight is 293 g/mol. The predicted molar refractivity (Wildman–Crippen MR) is 70.5 cm³/mol. The largest absolute Gasteiger partial charge is 0.453 e. The van der Waals surface area contributed by atoms with Crippen LogP contribution < -0.4 is 10.5 Å². The highest BCUT2D eigenvalue weighted by atomic mass is 19.1. The van der Waals surface area contributed by atoms with E-state index in [0.717, 1.165) is 18.2 Å². The molecule has 2 aromatic rings. The topological polar surface area (TPSA) is 102 Å². The molecular formula is C13H9F2N3O3. The summed E-state index contributed by atoms with van der Waals surface area (Å²) in [7, 11) is 0. The molecule has 2 aromatic carbocycles. The van der Waals surface area contributed by atoms with Crippen molar-refractivity contribution in [1.29, 1.82) is 5.41 Å². The van der Waals surface area contributed by atoms with E-state index in [2.05, 4.69) is 0 Å². The van der Waals surface area contributed by atoms with Gasteiger partial charge >= 0.3 is 0 Å². The Bertz CT molecular complexity index is 735. The van der Waals surface area contributed by atoms with Gasteiger partial charge in [-0.15, -0.1) is 0 Å². The maximum atomic E-state index is 13.7. The number of benzene rings is 2. The number of nitrogens with two attached hydrogens (primary N) is 1. The number of nitro groups is 1. The Kier molecular flexibility index (Phi) is 3.79. The molecule has 0 atom stereocenters. The van der Waals surface area contributed by atoms with Crippen LogP contribution in [-0.2, 0) is 0 Å². The minimum atomic E-state index is -0.983. The lowest BCUT2D eigenvalue weighted by atomic mass is 10.1. The number of nitrogen functional groups attached to an aromatic ring is 1. The van der Waals surface area contributed by atoms with Crippen molar-refractivity contribution < 1.29 is 18.4 Å². The molecule has 0 aliphatic rings. The second-order valence-corrected chi connectivity index (χ2v) is 4.00. The molecule has 0 heterocycles. The van der Waals surface area contributed by atoms with Gasteiger partial charge in [0.05, 0.1) is 16.6 Å². The van der Waals surface area contributed by atoms with Crippen molar-refractivity contribution in [3.05, 3.63) is 63.7 Å². The number of halogens is 2. The van der Waals surface area contributed by atoms with E-state index in [1.165, 1.54) is 12.1 Å². The Hall–Kier alpha value is -3.03. The van der Waals surface area contributed by atoms with Crippen molar-refractivity contribution in [3.8, 4) is 11.5 Å². The van der Waals surface area contributed by atoms with Gasteiger partial charge in [0.15, 0.2) is 11.6 Å². The first-order valence-corrected chi connectivity index (χ1v) is 5.65. The van der Waals surface area contributed by atoms with E-state index in [1.807, 2.05) is 0 Å². The molecule has 0 saturated heterocycles. The fraction of sp³-hybridized carbons (Fsp3) is 0. The SMILES string of the molecule is N=C(N)c1c(F)cccc1Oc1ccc([N+](=O)[O-])cc1F. The first-order valence-electron chi connectivity index (χ1n) is 5.65. The van der Waals surface area contributed by atoms with Crippen LogP contribution in [0.15, 0.2) is 36.4 Å². The van der Waals surface area contributed by atoms with Crippen LogP contribution in [0.2, 0.25) is 0 Å². The minimum absolute atomic E-state index is 0.157. The van der Waals surface area contributed by atoms with E-state index in [4.69, 9.17) is 15.9 Å². The number of amidine groups is 1. The van der Waals surface area contributed by atoms with E-state index in [0.29, 0.717) is 6.07 Å². The van der Waals surface area contributed by atoms with E-state index >= 15 is 0 Å². The maximum Gasteiger partial charge on any atom is 0.272 e. The van der Waals surface area contributed by atoms with Gasteiger partial charge in [-0.3, -0.25) is 15.5 Å². The first kappa shape index (κ1) is 14.4. The predicted octanol–water partition coefficient (Wildman–Crippen LogP) is 2.95. The molecule has 108 valence electrons. The Morgan fingerprint density at radius 3 is 2.48 bits per heavy atom. The average Bonchev–Trinajstić information content (AvgIpc) is 2.40. The normalized spacial score (nSPS) is 10.2. The number of hydrogen-bond acceptors (Lipinski definition) is 4. The highest BCUT2D eigenvalue weighted by Crippen LogP contribution is 2.30. The number of ether oxygens (including phenoxy) is 1. The zero-order chi connectivity index (χ0) is 15.6. The number of hydrogen-bond donors (Lipinski definition) is 2. The Morgan fingerprint density at radius 1 is 1.19 bits per heavy atom. The summed E-state index contributed by atoms with van der Waals surface area (Å²) in [6, 6.07) is 6.46.